The number of amides is 4. The van der Waals surface area contributed by atoms with Crippen molar-refractivity contribution in [3.05, 3.63) is 59.5 Å². The van der Waals surface area contributed by atoms with E-state index in [4.69, 9.17) is 4.74 Å². The van der Waals surface area contributed by atoms with E-state index in [-0.39, 0.29) is 6.54 Å². The summed E-state index contributed by atoms with van der Waals surface area (Å²) in [5.74, 6) is -0.0922. The number of carbonyl (C=O) groups is 3. The van der Waals surface area contributed by atoms with E-state index >= 15 is 0 Å². The number of rotatable bonds is 5. The molecule has 2 atom stereocenters. The van der Waals surface area contributed by atoms with Crippen LogP contribution in [0, 0.1) is 0 Å². The Morgan fingerprint density at radius 1 is 1.30 bits per heavy atom. The van der Waals surface area contributed by atoms with Gasteiger partial charge in [0.25, 0.3) is 5.91 Å². The summed E-state index contributed by atoms with van der Waals surface area (Å²) < 4.78 is 5.36. The zero-order valence-electron chi connectivity index (χ0n) is 18.7. The largest absolute Gasteiger partial charge is 0.497 e. The number of benzene rings is 1. The molecule has 33 heavy (non-hydrogen) atoms. The Morgan fingerprint density at radius 2 is 2.12 bits per heavy atom. The van der Waals surface area contributed by atoms with Gasteiger partial charge < -0.3 is 19.9 Å². The van der Waals surface area contributed by atoms with E-state index in [1.807, 2.05) is 24.3 Å². The molecule has 2 aromatic heterocycles. The summed E-state index contributed by atoms with van der Waals surface area (Å²) in [4.78, 5) is 50.0. The van der Waals surface area contributed by atoms with E-state index < -0.39 is 29.4 Å². The number of pyridine rings is 1. The second-order valence-electron chi connectivity index (χ2n) is 8.54. The summed E-state index contributed by atoms with van der Waals surface area (Å²) in [6.07, 6.45) is 2.25. The number of ether oxygens (including phenoxy) is 1. The Labute approximate surface area is 190 Å². The molecule has 9 nitrogen and oxygen atoms in total. The molecule has 2 aliphatic heterocycles. The van der Waals surface area contributed by atoms with Crippen molar-refractivity contribution in [3.8, 4) is 5.75 Å². The minimum absolute atomic E-state index is 0.217. The normalized spacial score (nSPS) is 20.6. The van der Waals surface area contributed by atoms with Crippen molar-refractivity contribution in [3.63, 3.8) is 0 Å². The van der Waals surface area contributed by atoms with Crippen molar-refractivity contribution in [1.82, 2.24) is 25.1 Å². The fraction of sp³-hybridized carbons (Fsp3) is 0.333. The lowest BCUT2D eigenvalue weighted by molar-refractivity contribution is -0.139. The quantitative estimate of drug-likeness (QED) is 0.584. The van der Waals surface area contributed by atoms with Crippen molar-refractivity contribution in [2.75, 3.05) is 13.7 Å². The molecule has 3 aromatic rings. The molecule has 2 unspecified atom stereocenters. The van der Waals surface area contributed by atoms with Crippen LogP contribution in [-0.2, 0) is 28.1 Å². The highest BCUT2D eigenvalue weighted by atomic mass is 16.5. The molecule has 170 valence electrons. The molecule has 0 aliphatic carbocycles. The molecule has 1 fully saturated rings. The van der Waals surface area contributed by atoms with Crippen LogP contribution in [0.2, 0.25) is 0 Å². The number of H-pyrrole nitrogens is 1. The fourth-order valence-electron chi connectivity index (χ4n) is 4.86. The van der Waals surface area contributed by atoms with E-state index in [0.717, 1.165) is 27.1 Å². The third-order valence-corrected chi connectivity index (χ3v) is 6.73. The first-order valence-corrected chi connectivity index (χ1v) is 10.9. The summed E-state index contributed by atoms with van der Waals surface area (Å²) in [5, 5.41) is 3.75. The predicted molar refractivity (Wildman–Crippen MR) is 120 cm³/mol. The second kappa shape index (κ2) is 7.61. The molecule has 0 radical (unpaired) electrons. The lowest BCUT2D eigenvalue weighted by atomic mass is 9.87. The Bertz CT molecular complexity index is 1270. The number of aromatic nitrogens is 2. The zero-order valence-corrected chi connectivity index (χ0v) is 18.7. The van der Waals surface area contributed by atoms with Gasteiger partial charge in [0, 0.05) is 23.6 Å². The van der Waals surface area contributed by atoms with Gasteiger partial charge >= 0.3 is 6.03 Å². The minimum Gasteiger partial charge on any atom is -0.497 e. The average Bonchev–Trinajstić information content (AvgIpc) is 3.30. The zero-order chi connectivity index (χ0) is 23.3. The Morgan fingerprint density at radius 3 is 2.85 bits per heavy atom. The van der Waals surface area contributed by atoms with Gasteiger partial charge in [-0.15, -0.1) is 0 Å². The number of methoxy groups -OCH3 is 1. The second-order valence-corrected chi connectivity index (χ2v) is 8.54. The van der Waals surface area contributed by atoms with E-state index in [1.54, 1.807) is 44.2 Å². The number of nitrogens with one attached hydrogen (secondary N) is 2. The van der Waals surface area contributed by atoms with Gasteiger partial charge in [0.15, 0.2) is 5.54 Å². The Kier molecular flexibility index (Phi) is 4.84. The standard InChI is InChI=1S/C24H25N5O4/c1-14(21(30)26-13-15-6-4-5-10-25-15)29-22(31)24(2)20-17(9-11-28(24)23(29)32)18-12-16(33-3)7-8-19(18)27-20/h4-8,10,12,14,27H,9,11,13H2,1-3H3,(H,26,30). The van der Waals surface area contributed by atoms with Gasteiger partial charge in [-0.05, 0) is 56.2 Å². The summed E-state index contributed by atoms with van der Waals surface area (Å²) >= 11 is 0. The summed E-state index contributed by atoms with van der Waals surface area (Å²) in [6, 6.07) is 9.72. The van der Waals surface area contributed by atoms with Crippen molar-refractivity contribution in [2.24, 2.45) is 0 Å². The van der Waals surface area contributed by atoms with Crippen molar-refractivity contribution < 1.29 is 19.1 Å². The van der Waals surface area contributed by atoms with Crippen LogP contribution >= 0.6 is 0 Å². The topological polar surface area (TPSA) is 108 Å². The molecule has 0 saturated carbocycles. The molecule has 1 aromatic carbocycles. The van der Waals surface area contributed by atoms with E-state index in [2.05, 4.69) is 15.3 Å². The monoisotopic (exact) mass is 447 g/mol. The van der Waals surface area contributed by atoms with E-state index in [9.17, 15) is 14.4 Å². The lowest BCUT2D eigenvalue weighted by Gasteiger charge is -2.36. The molecule has 4 heterocycles. The van der Waals surface area contributed by atoms with Crippen LogP contribution in [0.3, 0.4) is 0 Å². The van der Waals surface area contributed by atoms with Crippen LogP contribution in [-0.4, -0.2) is 57.3 Å². The first kappa shape index (κ1) is 21.0. The third-order valence-electron chi connectivity index (χ3n) is 6.73. The fourth-order valence-corrected chi connectivity index (χ4v) is 4.86. The summed E-state index contributed by atoms with van der Waals surface area (Å²) in [7, 11) is 1.61. The van der Waals surface area contributed by atoms with Crippen molar-refractivity contribution in [1.29, 1.82) is 0 Å². The molecule has 5 rings (SSSR count). The van der Waals surface area contributed by atoms with Crippen LogP contribution in [0.1, 0.15) is 30.8 Å². The highest BCUT2D eigenvalue weighted by Crippen LogP contribution is 2.45. The molecular formula is C24H25N5O4. The number of hydrogen-bond donors (Lipinski definition) is 2. The molecule has 1 saturated heterocycles. The van der Waals surface area contributed by atoms with Crippen LogP contribution < -0.4 is 10.1 Å². The number of carbonyl (C=O) groups excluding carboxylic acids is 3. The third kappa shape index (κ3) is 3.06. The number of nitrogens with zero attached hydrogens (tertiary/aromatic N) is 3. The highest BCUT2D eigenvalue weighted by Gasteiger charge is 2.60. The highest BCUT2D eigenvalue weighted by molar-refractivity contribution is 6.11. The van der Waals surface area contributed by atoms with Gasteiger partial charge in [0.1, 0.15) is 11.8 Å². The Hall–Kier alpha value is -3.88. The maximum Gasteiger partial charge on any atom is 0.328 e. The predicted octanol–water partition coefficient (Wildman–Crippen LogP) is 2.31. The number of urea groups is 1. The average molecular weight is 447 g/mol. The molecular weight excluding hydrogens is 422 g/mol. The molecule has 4 amide bonds. The van der Waals surface area contributed by atoms with Crippen LogP contribution in [0.5, 0.6) is 5.75 Å². The lowest BCUT2D eigenvalue weighted by Crippen LogP contribution is -2.49. The molecule has 2 N–H and O–H groups in total. The van der Waals surface area contributed by atoms with E-state index in [1.165, 1.54) is 0 Å². The van der Waals surface area contributed by atoms with Crippen molar-refractivity contribution >= 4 is 28.7 Å². The van der Waals surface area contributed by atoms with Crippen LogP contribution in [0.15, 0.2) is 42.6 Å². The summed E-state index contributed by atoms with van der Waals surface area (Å²) in [5.41, 5.74) is 2.06. The molecule has 0 spiro atoms. The smallest absolute Gasteiger partial charge is 0.328 e. The van der Waals surface area contributed by atoms with Crippen molar-refractivity contribution in [2.45, 2.75) is 38.4 Å². The van der Waals surface area contributed by atoms with Crippen LogP contribution in [0.4, 0.5) is 4.79 Å². The van der Waals surface area contributed by atoms with Crippen LogP contribution in [0.25, 0.3) is 10.9 Å². The van der Waals surface area contributed by atoms with Gasteiger partial charge in [0.05, 0.1) is 25.0 Å². The summed E-state index contributed by atoms with van der Waals surface area (Å²) in [6.45, 7) is 3.92. The first-order chi connectivity index (χ1) is 15.9. The molecule has 0 bridgehead atoms. The molecule has 9 heteroatoms. The van der Waals surface area contributed by atoms with Gasteiger partial charge in [0.2, 0.25) is 5.91 Å². The maximum atomic E-state index is 13.7. The van der Waals surface area contributed by atoms with Gasteiger partial charge in [-0.1, -0.05) is 6.07 Å². The maximum absolute atomic E-state index is 13.7. The number of aromatic amines is 1. The van der Waals surface area contributed by atoms with Gasteiger partial charge in [-0.25, -0.2) is 9.69 Å². The SMILES string of the molecule is COc1ccc2[nH]c3c(c2c1)CCN1C(=O)N(C(C)C(=O)NCc2ccccn2)C(=O)C31C. The van der Waals surface area contributed by atoms with E-state index in [0.29, 0.717) is 24.4 Å². The number of fused-ring (bicyclic) bond motifs is 5. The van der Waals surface area contributed by atoms with Gasteiger partial charge in [-0.3, -0.25) is 14.6 Å². The van der Waals surface area contributed by atoms with Gasteiger partial charge in [-0.2, -0.15) is 0 Å². The number of imide groups is 1. The first-order valence-electron chi connectivity index (χ1n) is 10.9. The minimum atomic E-state index is -1.20. The molecule has 2 aliphatic rings. The Balaban J connectivity index is 1.45. The number of hydrogen-bond acceptors (Lipinski definition) is 5.